The molecule has 1 aromatic rings. The molecular weight excluding hydrogens is 336 g/mol. The maximum Gasteiger partial charge on any atom is 0.313 e. The van der Waals surface area contributed by atoms with Gasteiger partial charge in [0.05, 0.1) is 18.6 Å². The highest BCUT2D eigenvalue weighted by molar-refractivity contribution is 5.82. The van der Waals surface area contributed by atoms with Crippen molar-refractivity contribution in [3.63, 3.8) is 0 Å². The Kier molecular flexibility index (Phi) is 5.62. The van der Waals surface area contributed by atoms with E-state index in [9.17, 15) is 15.0 Å². The molecule has 2 fully saturated rings. The average Bonchev–Trinajstić information content (AvgIpc) is 2.68. The van der Waals surface area contributed by atoms with Gasteiger partial charge in [0.25, 0.3) is 0 Å². The fourth-order valence-electron chi connectivity index (χ4n) is 3.48. The topological polar surface area (TPSA) is 99.0 Å². The maximum absolute atomic E-state index is 11.8. The lowest BCUT2D eigenvalue weighted by atomic mass is 9.85. The van der Waals surface area contributed by atoms with E-state index < -0.39 is 11.4 Å². The van der Waals surface area contributed by atoms with E-state index in [1.807, 2.05) is 0 Å². The van der Waals surface area contributed by atoms with Crippen LogP contribution in [0.5, 0.6) is 0 Å². The highest BCUT2D eigenvalue weighted by atomic mass is 16.5. The summed E-state index contributed by atoms with van der Waals surface area (Å²) in [5.41, 5.74) is -0.465. The third kappa shape index (κ3) is 3.76. The van der Waals surface area contributed by atoms with Crippen molar-refractivity contribution in [2.75, 3.05) is 55.8 Å². The standard InChI is InChI=1S/C18H28N4O4/c1-18(2,16(24)25)14-10-19-17(22-5-3-4-13(11-22)12-23)20-15(14)21-6-8-26-9-7-21/h10,13,23H,3-9,11-12H2,1-2H3,(H,24,25)/t13-/m0/s1. The van der Waals surface area contributed by atoms with Crippen LogP contribution in [0.4, 0.5) is 11.8 Å². The highest BCUT2D eigenvalue weighted by Gasteiger charge is 2.35. The Balaban J connectivity index is 1.97. The first-order valence-corrected chi connectivity index (χ1v) is 9.23. The van der Waals surface area contributed by atoms with Gasteiger partial charge in [-0.2, -0.15) is 4.98 Å². The minimum absolute atomic E-state index is 0.164. The number of carboxylic acid groups (broad SMARTS) is 1. The van der Waals surface area contributed by atoms with Gasteiger partial charge >= 0.3 is 5.97 Å². The number of aromatic nitrogens is 2. The van der Waals surface area contributed by atoms with Crippen molar-refractivity contribution in [1.29, 1.82) is 0 Å². The zero-order chi connectivity index (χ0) is 18.7. The van der Waals surface area contributed by atoms with Crippen molar-refractivity contribution >= 4 is 17.7 Å². The summed E-state index contributed by atoms with van der Waals surface area (Å²) in [5, 5.41) is 19.1. The monoisotopic (exact) mass is 364 g/mol. The molecule has 0 aliphatic carbocycles. The Morgan fingerprint density at radius 2 is 2.04 bits per heavy atom. The van der Waals surface area contributed by atoms with Gasteiger partial charge in [0, 0.05) is 44.5 Å². The van der Waals surface area contributed by atoms with Crippen LogP contribution in [0.15, 0.2) is 6.20 Å². The molecular formula is C18H28N4O4. The zero-order valence-corrected chi connectivity index (χ0v) is 15.5. The summed E-state index contributed by atoms with van der Waals surface area (Å²) < 4.78 is 5.43. The lowest BCUT2D eigenvalue weighted by Gasteiger charge is -2.35. The molecule has 1 aromatic heterocycles. The van der Waals surface area contributed by atoms with Crippen molar-refractivity contribution in [2.24, 2.45) is 5.92 Å². The quantitative estimate of drug-likeness (QED) is 0.795. The number of carbonyl (C=O) groups is 1. The van der Waals surface area contributed by atoms with Gasteiger partial charge in [-0.05, 0) is 32.6 Å². The number of hydrogen-bond donors (Lipinski definition) is 2. The van der Waals surface area contributed by atoms with Crippen LogP contribution < -0.4 is 9.80 Å². The molecule has 2 saturated heterocycles. The predicted molar refractivity (Wildman–Crippen MR) is 97.7 cm³/mol. The number of rotatable bonds is 5. The zero-order valence-electron chi connectivity index (χ0n) is 15.5. The van der Waals surface area contributed by atoms with Crippen molar-refractivity contribution in [3.05, 3.63) is 11.8 Å². The molecule has 3 rings (SSSR count). The Hall–Kier alpha value is -1.93. The van der Waals surface area contributed by atoms with E-state index in [0.29, 0.717) is 43.6 Å². The summed E-state index contributed by atoms with van der Waals surface area (Å²) in [6, 6.07) is 0. The second kappa shape index (κ2) is 7.75. The molecule has 0 unspecified atom stereocenters. The van der Waals surface area contributed by atoms with Gasteiger partial charge in [0.1, 0.15) is 5.82 Å². The Morgan fingerprint density at radius 3 is 2.69 bits per heavy atom. The third-order valence-corrected chi connectivity index (χ3v) is 5.33. The molecule has 2 N–H and O–H groups in total. The van der Waals surface area contributed by atoms with E-state index in [0.717, 1.165) is 25.9 Å². The van der Waals surface area contributed by atoms with Crippen LogP contribution in [-0.2, 0) is 14.9 Å². The van der Waals surface area contributed by atoms with Gasteiger partial charge < -0.3 is 24.7 Å². The largest absolute Gasteiger partial charge is 0.481 e. The second-order valence-electron chi connectivity index (χ2n) is 7.57. The number of nitrogens with zero attached hydrogens (tertiary/aromatic N) is 4. The number of ether oxygens (including phenoxy) is 1. The molecule has 8 heteroatoms. The van der Waals surface area contributed by atoms with Gasteiger partial charge in [-0.1, -0.05) is 0 Å². The Morgan fingerprint density at radius 1 is 1.31 bits per heavy atom. The molecule has 26 heavy (non-hydrogen) atoms. The van der Waals surface area contributed by atoms with Crippen molar-refractivity contribution in [3.8, 4) is 0 Å². The summed E-state index contributed by atoms with van der Waals surface area (Å²) in [6.45, 7) is 7.65. The lowest BCUT2D eigenvalue weighted by Crippen LogP contribution is -2.41. The maximum atomic E-state index is 11.8. The fraction of sp³-hybridized carbons (Fsp3) is 0.722. The number of aliphatic hydroxyl groups is 1. The van der Waals surface area contributed by atoms with Gasteiger partial charge in [0.2, 0.25) is 5.95 Å². The molecule has 2 aliphatic rings. The van der Waals surface area contributed by atoms with Crippen LogP contribution in [-0.4, -0.2) is 72.1 Å². The molecule has 0 radical (unpaired) electrons. The molecule has 0 amide bonds. The summed E-state index contributed by atoms with van der Waals surface area (Å²) in [5.74, 6) is 0.613. The van der Waals surface area contributed by atoms with Gasteiger partial charge in [-0.3, -0.25) is 4.79 Å². The van der Waals surface area contributed by atoms with Gasteiger partial charge in [-0.15, -0.1) is 0 Å². The van der Waals surface area contributed by atoms with E-state index in [-0.39, 0.29) is 12.5 Å². The first-order chi connectivity index (χ1) is 12.4. The van der Waals surface area contributed by atoms with Gasteiger partial charge in [-0.25, -0.2) is 4.98 Å². The number of aliphatic hydroxyl groups excluding tert-OH is 1. The van der Waals surface area contributed by atoms with E-state index in [1.54, 1.807) is 20.0 Å². The summed E-state index contributed by atoms with van der Waals surface area (Å²) in [7, 11) is 0. The van der Waals surface area contributed by atoms with Crippen LogP contribution in [0, 0.1) is 5.92 Å². The molecule has 3 heterocycles. The minimum atomic E-state index is -1.08. The third-order valence-electron chi connectivity index (χ3n) is 5.33. The molecule has 2 aliphatic heterocycles. The van der Waals surface area contributed by atoms with E-state index in [4.69, 9.17) is 9.72 Å². The van der Waals surface area contributed by atoms with Crippen LogP contribution in [0.2, 0.25) is 0 Å². The summed E-state index contributed by atoms with van der Waals surface area (Å²) >= 11 is 0. The normalized spacial score (nSPS) is 21.7. The van der Waals surface area contributed by atoms with Crippen LogP contribution in [0.25, 0.3) is 0 Å². The second-order valence-corrected chi connectivity index (χ2v) is 7.57. The van der Waals surface area contributed by atoms with E-state index in [1.165, 1.54) is 0 Å². The number of carboxylic acids is 1. The molecule has 1 atom stereocenters. The molecule has 8 nitrogen and oxygen atoms in total. The van der Waals surface area contributed by atoms with Gasteiger partial charge in [0.15, 0.2) is 0 Å². The minimum Gasteiger partial charge on any atom is -0.481 e. The van der Waals surface area contributed by atoms with Crippen molar-refractivity contribution in [2.45, 2.75) is 32.1 Å². The van der Waals surface area contributed by atoms with Crippen LogP contribution in [0.3, 0.4) is 0 Å². The summed E-state index contributed by atoms with van der Waals surface area (Å²) in [6.07, 6.45) is 3.65. The Bertz CT molecular complexity index is 646. The molecule has 0 saturated carbocycles. The molecule has 0 bridgehead atoms. The fourth-order valence-corrected chi connectivity index (χ4v) is 3.48. The number of morpholine rings is 1. The SMILES string of the molecule is CC(C)(C(=O)O)c1cnc(N2CCC[C@H](CO)C2)nc1N1CCOCC1. The highest BCUT2D eigenvalue weighted by Crippen LogP contribution is 2.33. The molecule has 144 valence electrons. The van der Waals surface area contributed by atoms with Crippen molar-refractivity contribution in [1.82, 2.24) is 9.97 Å². The smallest absolute Gasteiger partial charge is 0.313 e. The first kappa shape index (κ1) is 18.8. The number of anilines is 2. The molecule has 0 aromatic carbocycles. The number of hydrogen-bond acceptors (Lipinski definition) is 7. The average molecular weight is 364 g/mol. The van der Waals surface area contributed by atoms with Crippen LogP contribution >= 0.6 is 0 Å². The van der Waals surface area contributed by atoms with Crippen LogP contribution in [0.1, 0.15) is 32.3 Å². The number of aliphatic carboxylic acids is 1. The molecule has 0 spiro atoms. The first-order valence-electron chi connectivity index (χ1n) is 9.23. The Labute approximate surface area is 153 Å². The van der Waals surface area contributed by atoms with Crippen molar-refractivity contribution < 1.29 is 19.7 Å². The van der Waals surface area contributed by atoms with E-state index in [2.05, 4.69) is 14.8 Å². The van der Waals surface area contributed by atoms with E-state index >= 15 is 0 Å². The number of piperidine rings is 1. The predicted octanol–water partition coefficient (Wildman–Crippen LogP) is 0.884. The lowest BCUT2D eigenvalue weighted by molar-refractivity contribution is -0.142. The summed E-state index contributed by atoms with van der Waals surface area (Å²) in [4.78, 5) is 25.2.